The van der Waals surface area contributed by atoms with E-state index in [2.05, 4.69) is 31.1 Å². The fourth-order valence-corrected chi connectivity index (χ4v) is 3.70. The van der Waals surface area contributed by atoms with E-state index < -0.39 is 0 Å². The molecule has 1 aromatic carbocycles. The molecule has 10 heteroatoms. The summed E-state index contributed by atoms with van der Waals surface area (Å²) in [7, 11) is 4.09. The Morgan fingerprint density at radius 1 is 1.32 bits per heavy atom. The van der Waals surface area contributed by atoms with Crippen LogP contribution in [0.2, 0.25) is 0 Å². The minimum absolute atomic E-state index is 0.246. The maximum atomic E-state index is 5.96. The summed E-state index contributed by atoms with van der Waals surface area (Å²) in [6, 6.07) is 7.79. The Morgan fingerprint density at radius 2 is 2.14 bits per heavy atom. The molecule has 28 heavy (non-hydrogen) atoms. The summed E-state index contributed by atoms with van der Waals surface area (Å²) in [6.07, 6.45) is 6.21. The molecule has 0 amide bonds. The van der Waals surface area contributed by atoms with Crippen LogP contribution >= 0.6 is 23.1 Å². The molecular formula is C18H21N7OS2. The molecule has 0 aliphatic carbocycles. The van der Waals surface area contributed by atoms with Crippen molar-refractivity contribution in [1.29, 1.82) is 0 Å². The third-order valence-corrected chi connectivity index (χ3v) is 5.29. The average Bonchev–Trinajstić information content (AvgIpc) is 3.30. The van der Waals surface area contributed by atoms with Gasteiger partial charge in [-0.2, -0.15) is 9.67 Å². The highest BCUT2D eigenvalue weighted by atomic mass is 32.2. The van der Waals surface area contributed by atoms with Crippen LogP contribution in [0.3, 0.4) is 0 Å². The van der Waals surface area contributed by atoms with Crippen LogP contribution in [0.1, 0.15) is 6.42 Å². The molecule has 0 unspecified atom stereocenters. The van der Waals surface area contributed by atoms with E-state index in [-0.39, 0.29) is 5.95 Å². The zero-order valence-electron chi connectivity index (χ0n) is 15.7. The quantitative estimate of drug-likeness (QED) is 0.323. The predicted octanol–water partition coefficient (Wildman–Crippen LogP) is 2.42. The van der Waals surface area contributed by atoms with E-state index in [1.807, 2.05) is 38.4 Å². The molecule has 3 rings (SSSR count). The molecule has 0 aliphatic rings. The van der Waals surface area contributed by atoms with Crippen LogP contribution in [0.4, 0.5) is 5.95 Å². The fraction of sp³-hybridized carbons (Fsp3) is 0.333. The van der Waals surface area contributed by atoms with E-state index in [0.29, 0.717) is 22.6 Å². The molecular weight excluding hydrogens is 394 g/mol. The van der Waals surface area contributed by atoms with Crippen LogP contribution in [0, 0.1) is 12.3 Å². The van der Waals surface area contributed by atoms with Crippen molar-refractivity contribution in [2.24, 2.45) is 0 Å². The van der Waals surface area contributed by atoms with Crippen molar-refractivity contribution in [3.63, 3.8) is 0 Å². The number of thioether (sulfide) groups is 1. The lowest BCUT2D eigenvalue weighted by Crippen LogP contribution is -2.15. The van der Waals surface area contributed by atoms with Gasteiger partial charge in [0, 0.05) is 6.54 Å². The second-order valence-electron chi connectivity index (χ2n) is 6.05. The highest BCUT2D eigenvalue weighted by molar-refractivity contribution is 7.99. The third kappa shape index (κ3) is 5.01. The van der Waals surface area contributed by atoms with Gasteiger partial charge in [-0.15, -0.1) is 21.7 Å². The molecule has 146 valence electrons. The van der Waals surface area contributed by atoms with Gasteiger partial charge in [-0.1, -0.05) is 41.2 Å². The molecule has 2 N–H and O–H groups in total. The molecule has 0 saturated carbocycles. The van der Waals surface area contributed by atoms with Crippen LogP contribution in [-0.4, -0.2) is 62.9 Å². The summed E-state index contributed by atoms with van der Waals surface area (Å²) < 4.78 is 7.43. The number of ether oxygens (including phenoxy) is 1. The van der Waals surface area contributed by atoms with Gasteiger partial charge in [-0.05, 0) is 32.6 Å². The Bertz CT molecular complexity index is 961. The largest absolute Gasteiger partial charge is 0.493 e. The number of hydrogen-bond donors (Lipinski definition) is 1. The highest BCUT2D eigenvalue weighted by Crippen LogP contribution is 2.33. The van der Waals surface area contributed by atoms with Crippen molar-refractivity contribution in [3.05, 3.63) is 24.3 Å². The molecule has 3 aromatic rings. The number of hydrogen-bond acceptors (Lipinski definition) is 9. The van der Waals surface area contributed by atoms with E-state index in [4.69, 9.17) is 16.9 Å². The summed E-state index contributed by atoms with van der Waals surface area (Å²) >= 11 is 2.71. The van der Waals surface area contributed by atoms with Gasteiger partial charge >= 0.3 is 0 Å². The van der Waals surface area contributed by atoms with Crippen molar-refractivity contribution >= 4 is 29.0 Å². The van der Waals surface area contributed by atoms with Crippen LogP contribution in [0.25, 0.3) is 15.7 Å². The van der Waals surface area contributed by atoms with E-state index in [9.17, 15) is 0 Å². The average molecular weight is 416 g/mol. The molecule has 0 spiro atoms. The fourth-order valence-electron chi connectivity index (χ4n) is 2.35. The number of benzene rings is 1. The molecule has 2 aromatic heterocycles. The van der Waals surface area contributed by atoms with Gasteiger partial charge < -0.3 is 15.4 Å². The van der Waals surface area contributed by atoms with Crippen molar-refractivity contribution in [2.45, 2.75) is 11.6 Å². The highest BCUT2D eigenvalue weighted by Gasteiger charge is 2.16. The zero-order chi connectivity index (χ0) is 19.9. The number of rotatable bonds is 9. The van der Waals surface area contributed by atoms with E-state index in [1.165, 1.54) is 27.8 Å². The Labute approximate surface area is 172 Å². The lowest BCUT2D eigenvalue weighted by atomic mass is 10.2. The maximum Gasteiger partial charge on any atom is 0.236 e. The smallest absolute Gasteiger partial charge is 0.236 e. The van der Waals surface area contributed by atoms with Crippen molar-refractivity contribution < 1.29 is 4.74 Å². The summed E-state index contributed by atoms with van der Waals surface area (Å²) in [6.45, 7) is 1.60. The van der Waals surface area contributed by atoms with Gasteiger partial charge in [-0.3, -0.25) is 0 Å². The van der Waals surface area contributed by atoms with Crippen LogP contribution in [0.15, 0.2) is 29.4 Å². The molecule has 0 saturated heterocycles. The summed E-state index contributed by atoms with van der Waals surface area (Å²) in [5, 5.41) is 14.6. The van der Waals surface area contributed by atoms with Crippen LogP contribution < -0.4 is 10.5 Å². The molecule has 0 radical (unpaired) electrons. The summed E-state index contributed by atoms with van der Waals surface area (Å²) in [4.78, 5) is 6.33. The van der Waals surface area contributed by atoms with Gasteiger partial charge in [0.1, 0.15) is 5.75 Å². The van der Waals surface area contributed by atoms with Crippen molar-refractivity contribution in [3.8, 4) is 33.8 Å². The number of terminal acetylenes is 1. The zero-order valence-corrected chi connectivity index (χ0v) is 17.3. The normalized spacial score (nSPS) is 10.9. The van der Waals surface area contributed by atoms with Crippen molar-refractivity contribution in [2.75, 3.05) is 38.7 Å². The topological polar surface area (TPSA) is 95.0 Å². The number of nitrogens with two attached hydrogens (primary N) is 1. The Kier molecular flexibility index (Phi) is 6.86. The first-order valence-electron chi connectivity index (χ1n) is 8.58. The number of nitrogen functional groups attached to an aromatic ring is 1. The predicted molar refractivity (Wildman–Crippen MR) is 113 cm³/mol. The summed E-state index contributed by atoms with van der Waals surface area (Å²) in [5.74, 6) is 4.03. The van der Waals surface area contributed by atoms with Gasteiger partial charge in [0.25, 0.3) is 0 Å². The third-order valence-electron chi connectivity index (χ3n) is 3.62. The van der Waals surface area contributed by atoms with Gasteiger partial charge in [0.15, 0.2) is 5.01 Å². The molecule has 0 atom stereocenters. The number of nitrogens with zero attached hydrogens (tertiary/aromatic N) is 6. The Balaban J connectivity index is 1.77. The van der Waals surface area contributed by atoms with Gasteiger partial charge in [-0.25, -0.2) is 0 Å². The monoisotopic (exact) mass is 415 g/mol. The van der Waals surface area contributed by atoms with E-state index in [0.717, 1.165) is 29.3 Å². The van der Waals surface area contributed by atoms with Crippen LogP contribution in [-0.2, 0) is 0 Å². The van der Waals surface area contributed by atoms with Crippen molar-refractivity contribution in [1.82, 2.24) is 29.9 Å². The molecule has 2 heterocycles. The second kappa shape index (κ2) is 9.54. The van der Waals surface area contributed by atoms with Gasteiger partial charge in [0.2, 0.25) is 16.2 Å². The molecule has 0 fully saturated rings. The van der Waals surface area contributed by atoms with Gasteiger partial charge in [0.05, 0.1) is 17.9 Å². The number of aromatic nitrogens is 5. The first kappa shape index (κ1) is 20.1. The number of anilines is 1. The molecule has 0 aliphatic heterocycles. The second-order valence-corrected chi connectivity index (χ2v) is 7.95. The number of para-hydroxylation sites is 1. The van der Waals surface area contributed by atoms with E-state index >= 15 is 0 Å². The Morgan fingerprint density at radius 3 is 2.93 bits per heavy atom. The first-order chi connectivity index (χ1) is 13.6. The lowest BCUT2D eigenvalue weighted by molar-refractivity contribution is 0.282. The maximum absolute atomic E-state index is 5.96. The SMILES string of the molecule is C#CCSc1nc(N)n(-c2nnc(-c3ccccc3OCCCN(C)C)s2)n1. The molecule has 0 bridgehead atoms. The first-order valence-corrected chi connectivity index (χ1v) is 10.4. The summed E-state index contributed by atoms with van der Waals surface area (Å²) in [5.41, 5.74) is 6.85. The van der Waals surface area contributed by atoms with Crippen LogP contribution in [0.5, 0.6) is 5.75 Å². The molecule has 8 nitrogen and oxygen atoms in total. The lowest BCUT2D eigenvalue weighted by Gasteiger charge is -2.12. The van der Waals surface area contributed by atoms with E-state index in [1.54, 1.807) is 0 Å². The Hall–Kier alpha value is -2.61. The standard InChI is InChI=1S/C18H21N7OS2/c1-4-12-27-17-20-16(19)25(23-17)18-22-21-15(28-18)13-8-5-6-9-14(13)26-11-7-10-24(2)3/h1,5-6,8-9H,7,10-12H2,2-3H3,(H2,19,20,23). The minimum Gasteiger partial charge on any atom is -0.493 e. The minimum atomic E-state index is 0.246.